The molecule has 0 aliphatic carbocycles. The van der Waals surface area contributed by atoms with Crippen LogP contribution in [0.15, 0.2) is 18.3 Å². The molecule has 4 heterocycles. The highest BCUT2D eigenvalue weighted by atomic mass is 32.1. The lowest BCUT2D eigenvalue weighted by Gasteiger charge is -2.19. The zero-order chi connectivity index (χ0) is 14.2. The van der Waals surface area contributed by atoms with Crippen LogP contribution in [0.5, 0.6) is 0 Å². The first-order valence-electron chi connectivity index (χ1n) is 6.83. The summed E-state index contributed by atoms with van der Waals surface area (Å²) in [5, 5.41) is 14.1. The van der Waals surface area contributed by atoms with Crippen molar-refractivity contribution in [2.24, 2.45) is 0 Å². The van der Waals surface area contributed by atoms with Crippen LogP contribution in [0.2, 0.25) is 0 Å². The number of pyridine rings is 1. The highest BCUT2D eigenvalue weighted by Crippen LogP contribution is 2.30. The van der Waals surface area contributed by atoms with Gasteiger partial charge in [0.15, 0.2) is 5.82 Å². The fourth-order valence-corrected chi connectivity index (χ4v) is 3.33. The van der Waals surface area contributed by atoms with Gasteiger partial charge in [0.2, 0.25) is 4.96 Å². The van der Waals surface area contributed by atoms with E-state index in [0.717, 1.165) is 47.4 Å². The molecule has 7 nitrogen and oxygen atoms in total. The molecule has 1 aliphatic rings. The van der Waals surface area contributed by atoms with Gasteiger partial charge in [-0.1, -0.05) is 11.3 Å². The van der Waals surface area contributed by atoms with Gasteiger partial charge in [0.05, 0.1) is 0 Å². The number of hydrogen-bond donors (Lipinski definition) is 1. The van der Waals surface area contributed by atoms with Crippen molar-refractivity contribution in [3.8, 4) is 10.6 Å². The molecule has 3 aromatic heterocycles. The molecule has 0 saturated carbocycles. The van der Waals surface area contributed by atoms with Crippen LogP contribution in [0.3, 0.4) is 0 Å². The zero-order valence-corrected chi connectivity index (χ0v) is 12.1. The number of nitrogens with zero attached hydrogens (tertiary/aromatic N) is 5. The molecular formula is C13H14N6OS. The molecule has 0 aromatic carbocycles. The van der Waals surface area contributed by atoms with E-state index in [1.54, 1.807) is 12.3 Å². The summed E-state index contributed by atoms with van der Waals surface area (Å²) in [5.41, 5.74) is 6.56. The van der Waals surface area contributed by atoms with Crippen molar-refractivity contribution in [2.75, 3.05) is 18.9 Å². The molecule has 0 atom stereocenters. The fourth-order valence-electron chi connectivity index (χ4n) is 2.49. The average Bonchev–Trinajstić information content (AvgIpc) is 3.09. The molecule has 8 heteroatoms. The van der Waals surface area contributed by atoms with E-state index in [-0.39, 0.29) is 0 Å². The molecule has 2 N–H and O–H groups in total. The number of ether oxygens (including phenoxy) is 1. The average molecular weight is 302 g/mol. The van der Waals surface area contributed by atoms with Crippen LogP contribution < -0.4 is 5.73 Å². The lowest BCUT2D eigenvalue weighted by atomic mass is 10.00. The molecule has 0 spiro atoms. The van der Waals surface area contributed by atoms with Crippen LogP contribution in [0.4, 0.5) is 5.82 Å². The van der Waals surface area contributed by atoms with Gasteiger partial charge in [0.25, 0.3) is 0 Å². The van der Waals surface area contributed by atoms with Crippen molar-refractivity contribution >= 4 is 22.1 Å². The van der Waals surface area contributed by atoms with Crippen molar-refractivity contribution < 1.29 is 4.74 Å². The number of fused-ring (bicyclic) bond motifs is 1. The predicted octanol–water partition coefficient (Wildman–Crippen LogP) is 1.72. The molecule has 4 rings (SSSR count). The summed E-state index contributed by atoms with van der Waals surface area (Å²) in [5.74, 6) is 1.80. The fraction of sp³-hybridized carbons (Fsp3) is 0.385. The highest BCUT2D eigenvalue weighted by molar-refractivity contribution is 7.19. The Morgan fingerprint density at radius 1 is 1.24 bits per heavy atom. The second kappa shape index (κ2) is 5.05. The molecule has 108 valence electrons. The van der Waals surface area contributed by atoms with Gasteiger partial charge in [-0.2, -0.15) is 9.61 Å². The summed E-state index contributed by atoms with van der Waals surface area (Å²) in [6.45, 7) is 1.55. The molecule has 21 heavy (non-hydrogen) atoms. The Morgan fingerprint density at radius 2 is 2.10 bits per heavy atom. The monoisotopic (exact) mass is 302 g/mol. The summed E-state index contributed by atoms with van der Waals surface area (Å²) in [6, 6.07) is 3.69. The number of rotatable bonds is 2. The van der Waals surface area contributed by atoms with Gasteiger partial charge in [0, 0.05) is 30.9 Å². The third-order valence-corrected chi connectivity index (χ3v) is 4.58. The van der Waals surface area contributed by atoms with Gasteiger partial charge in [-0.25, -0.2) is 4.98 Å². The smallest absolute Gasteiger partial charge is 0.234 e. The van der Waals surface area contributed by atoms with E-state index in [4.69, 9.17) is 10.5 Å². The number of anilines is 1. The largest absolute Gasteiger partial charge is 0.384 e. The molecule has 1 fully saturated rings. The Hall–Kier alpha value is -2.06. The van der Waals surface area contributed by atoms with Crippen molar-refractivity contribution in [2.45, 2.75) is 18.8 Å². The maximum Gasteiger partial charge on any atom is 0.234 e. The number of nitrogen functional groups attached to an aromatic ring is 1. The van der Waals surface area contributed by atoms with E-state index in [1.807, 2.05) is 10.6 Å². The third kappa shape index (κ3) is 2.26. The molecule has 0 amide bonds. The quantitative estimate of drug-likeness (QED) is 0.775. The lowest BCUT2D eigenvalue weighted by Crippen LogP contribution is -2.16. The Labute approximate surface area is 124 Å². The van der Waals surface area contributed by atoms with Crippen LogP contribution in [0.25, 0.3) is 15.5 Å². The van der Waals surface area contributed by atoms with E-state index in [0.29, 0.717) is 11.7 Å². The second-order valence-corrected chi connectivity index (χ2v) is 5.97. The Kier molecular flexibility index (Phi) is 3.04. The molecule has 0 bridgehead atoms. The SMILES string of the molecule is Nc1ccc(-c2nn3c(C4CCOCC4)nnc3s2)cn1. The topological polar surface area (TPSA) is 91.2 Å². The molecule has 1 aliphatic heterocycles. The second-order valence-electron chi connectivity index (χ2n) is 5.02. The zero-order valence-electron chi connectivity index (χ0n) is 11.3. The minimum absolute atomic E-state index is 0.369. The summed E-state index contributed by atoms with van der Waals surface area (Å²) in [4.78, 5) is 4.91. The summed E-state index contributed by atoms with van der Waals surface area (Å²) in [6.07, 6.45) is 3.67. The number of nitrogens with two attached hydrogens (primary N) is 1. The molecule has 0 radical (unpaired) electrons. The molecule has 3 aromatic rings. The van der Waals surface area contributed by atoms with Crippen LogP contribution in [-0.2, 0) is 4.74 Å². The van der Waals surface area contributed by atoms with Gasteiger partial charge >= 0.3 is 0 Å². The maximum absolute atomic E-state index is 5.61. The maximum atomic E-state index is 5.61. The van der Waals surface area contributed by atoms with Gasteiger partial charge in [-0.15, -0.1) is 10.2 Å². The van der Waals surface area contributed by atoms with Gasteiger partial charge in [-0.3, -0.25) is 0 Å². The van der Waals surface area contributed by atoms with E-state index in [2.05, 4.69) is 20.3 Å². The number of hydrogen-bond acceptors (Lipinski definition) is 7. The van der Waals surface area contributed by atoms with E-state index < -0.39 is 0 Å². The predicted molar refractivity (Wildman–Crippen MR) is 79.1 cm³/mol. The van der Waals surface area contributed by atoms with E-state index in [9.17, 15) is 0 Å². The molecule has 1 saturated heterocycles. The van der Waals surface area contributed by atoms with Crippen LogP contribution >= 0.6 is 11.3 Å². The Morgan fingerprint density at radius 3 is 2.86 bits per heavy atom. The first kappa shape index (κ1) is 12.7. The number of aromatic nitrogens is 5. The summed E-state index contributed by atoms with van der Waals surface area (Å²) >= 11 is 1.51. The van der Waals surface area contributed by atoms with Gasteiger partial charge in [0.1, 0.15) is 10.8 Å². The van der Waals surface area contributed by atoms with Crippen LogP contribution in [-0.4, -0.2) is 38.0 Å². The minimum Gasteiger partial charge on any atom is -0.384 e. The van der Waals surface area contributed by atoms with Crippen LogP contribution in [0.1, 0.15) is 24.6 Å². The standard InChI is InChI=1S/C13H14N6OS/c14-10-2-1-9(7-15-10)12-18-19-11(16-17-13(19)21-12)8-3-5-20-6-4-8/h1-2,7-8H,3-6H2,(H2,14,15). The first-order chi connectivity index (χ1) is 10.3. The normalized spacial score (nSPS) is 16.6. The van der Waals surface area contributed by atoms with Crippen molar-refractivity contribution in [1.82, 2.24) is 24.8 Å². The van der Waals surface area contributed by atoms with Crippen molar-refractivity contribution in [1.29, 1.82) is 0 Å². The third-order valence-electron chi connectivity index (χ3n) is 3.63. The Balaban J connectivity index is 1.73. The first-order valence-corrected chi connectivity index (χ1v) is 7.65. The highest BCUT2D eigenvalue weighted by Gasteiger charge is 2.23. The van der Waals surface area contributed by atoms with Gasteiger partial charge < -0.3 is 10.5 Å². The van der Waals surface area contributed by atoms with E-state index >= 15 is 0 Å². The van der Waals surface area contributed by atoms with Crippen molar-refractivity contribution in [3.63, 3.8) is 0 Å². The lowest BCUT2D eigenvalue weighted by molar-refractivity contribution is 0.0832. The van der Waals surface area contributed by atoms with E-state index in [1.165, 1.54) is 11.3 Å². The molecular weight excluding hydrogens is 288 g/mol. The van der Waals surface area contributed by atoms with Gasteiger partial charge in [-0.05, 0) is 25.0 Å². The minimum atomic E-state index is 0.369. The molecule has 0 unspecified atom stereocenters. The summed E-state index contributed by atoms with van der Waals surface area (Å²) < 4.78 is 7.25. The Bertz CT molecular complexity index is 759. The summed E-state index contributed by atoms with van der Waals surface area (Å²) in [7, 11) is 0. The van der Waals surface area contributed by atoms with Crippen LogP contribution in [0, 0.1) is 0 Å². The van der Waals surface area contributed by atoms with Crippen molar-refractivity contribution in [3.05, 3.63) is 24.2 Å².